The summed E-state index contributed by atoms with van der Waals surface area (Å²) in [6.45, 7) is 5.85. The summed E-state index contributed by atoms with van der Waals surface area (Å²) >= 11 is 0. The van der Waals surface area contributed by atoms with Gasteiger partial charge in [-0.05, 0) is 19.8 Å². The zero-order valence-electron chi connectivity index (χ0n) is 10.9. The predicted molar refractivity (Wildman–Crippen MR) is 65.6 cm³/mol. The highest BCUT2D eigenvalue weighted by Crippen LogP contribution is 2.13. The van der Waals surface area contributed by atoms with E-state index in [-0.39, 0.29) is 6.10 Å². The van der Waals surface area contributed by atoms with E-state index >= 15 is 0 Å². The predicted octanol–water partition coefficient (Wildman–Crippen LogP) is 3.62. The maximum atomic E-state index is 10.6. The lowest BCUT2D eigenvalue weighted by Gasteiger charge is -2.18. The molecule has 0 rings (SSSR count). The number of carbonyl (C=O) groups is 1. The summed E-state index contributed by atoms with van der Waals surface area (Å²) in [7, 11) is 0. The standard InChI is InChI=1S/C13H26O3/c1-4-6-7-8-9-10-12(5-2)16-11(3)13(14)15/h11-12H,4-10H2,1-3H3,(H,14,15). The van der Waals surface area contributed by atoms with Gasteiger partial charge in [-0.3, -0.25) is 0 Å². The third-order valence-corrected chi connectivity index (χ3v) is 2.83. The molecule has 0 aromatic heterocycles. The molecule has 1 N–H and O–H groups in total. The number of ether oxygens (including phenoxy) is 1. The van der Waals surface area contributed by atoms with Crippen LogP contribution in [0.1, 0.15) is 65.7 Å². The van der Waals surface area contributed by atoms with Gasteiger partial charge < -0.3 is 9.84 Å². The Hall–Kier alpha value is -0.570. The van der Waals surface area contributed by atoms with E-state index in [4.69, 9.17) is 9.84 Å². The molecule has 0 aliphatic carbocycles. The first-order chi connectivity index (χ1) is 7.61. The maximum absolute atomic E-state index is 10.6. The second kappa shape index (κ2) is 9.64. The van der Waals surface area contributed by atoms with Gasteiger partial charge in [-0.15, -0.1) is 0 Å². The largest absolute Gasteiger partial charge is 0.479 e. The fourth-order valence-electron chi connectivity index (χ4n) is 1.69. The van der Waals surface area contributed by atoms with Gasteiger partial charge in [-0.1, -0.05) is 46.0 Å². The molecule has 2 atom stereocenters. The Morgan fingerprint density at radius 2 is 1.81 bits per heavy atom. The Labute approximate surface area is 99.2 Å². The molecule has 0 spiro atoms. The Morgan fingerprint density at radius 3 is 2.31 bits per heavy atom. The second-order valence-electron chi connectivity index (χ2n) is 4.35. The van der Waals surface area contributed by atoms with Crippen molar-refractivity contribution in [3.8, 4) is 0 Å². The van der Waals surface area contributed by atoms with Crippen molar-refractivity contribution in [3.63, 3.8) is 0 Å². The van der Waals surface area contributed by atoms with Gasteiger partial charge in [0.05, 0.1) is 6.10 Å². The Balaban J connectivity index is 3.62. The number of hydrogen-bond donors (Lipinski definition) is 1. The van der Waals surface area contributed by atoms with Crippen LogP contribution < -0.4 is 0 Å². The van der Waals surface area contributed by atoms with Crippen LogP contribution in [-0.2, 0) is 9.53 Å². The summed E-state index contributed by atoms with van der Waals surface area (Å²) in [5, 5.41) is 8.74. The first kappa shape index (κ1) is 15.4. The van der Waals surface area contributed by atoms with Crippen LogP contribution in [0.3, 0.4) is 0 Å². The molecule has 3 heteroatoms. The number of rotatable bonds is 10. The first-order valence-corrected chi connectivity index (χ1v) is 6.50. The highest BCUT2D eigenvalue weighted by molar-refractivity contribution is 5.71. The van der Waals surface area contributed by atoms with Gasteiger partial charge in [0.15, 0.2) is 6.10 Å². The zero-order valence-corrected chi connectivity index (χ0v) is 10.9. The molecule has 0 radical (unpaired) electrons. The van der Waals surface area contributed by atoms with Crippen molar-refractivity contribution >= 4 is 5.97 Å². The van der Waals surface area contributed by atoms with E-state index in [9.17, 15) is 4.79 Å². The fraction of sp³-hybridized carbons (Fsp3) is 0.923. The highest BCUT2D eigenvalue weighted by atomic mass is 16.5. The summed E-state index contributed by atoms with van der Waals surface area (Å²) < 4.78 is 5.47. The highest BCUT2D eigenvalue weighted by Gasteiger charge is 2.16. The van der Waals surface area contributed by atoms with Crippen LogP contribution in [0.4, 0.5) is 0 Å². The molecule has 0 saturated carbocycles. The van der Waals surface area contributed by atoms with Gasteiger partial charge in [0.1, 0.15) is 0 Å². The lowest BCUT2D eigenvalue weighted by Crippen LogP contribution is -2.26. The van der Waals surface area contributed by atoms with Gasteiger partial charge in [0.2, 0.25) is 0 Å². The van der Waals surface area contributed by atoms with Crippen LogP contribution in [0.15, 0.2) is 0 Å². The minimum absolute atomic E-state index is 0.104. The SMILES string of the molecule is CCCCCCCC(CC)OC(C)C(=O)O. The molecule has 0 aromatic carbocycles. The fourth-order valence-corrected chi connectivity index (χ4v) is 1.69. The van der Waals surface area contributed by atoms with Crippen LogP contribution in [-0.4, -0.2) is 23.3 Å². The van der Waals surface area contributed by atoms with E-state index < -0.39 is 12.1 Å². The number of hydrogen-bond acceptors (Lipinski definition) is 2. The van der Waals surface area contributed by atoms with Gasteiger partial charge in [0, 0.05) is 0 Å². The first-order valence-electron chi connectivity index (χ1n) is 6.50. The average Bonchev–Trinajstić information content (AvgIpc) is 2.26. The molecule has 0 aliphatic rings. The van der Waals surface area contributed by atoms with Crippen molar-refractivity contribution in [3.05, 3.63) is 0 Å². The van der Waals surface area contributed by atoms with Crippen LogP contribution in [0.2, 0.25) is 0 Å². The zero-order chi connectivity index (χ0) is 12.4. The Bertz CT molecular complexity index is 180. The van der Waals surface area contributed by atoms with E-state index in [2.05, 4.69) is 6.92 Å². The van der Waals surface area contributed by atoms with E-state index in [1.54, 1.807) is 6.92 Å². The van der Waals surface area contributed by atoms with Crippen LogP contribution in [0, 0.1) is 0 Å². The van der Waals surface area contributed by atoms with Crippen molar-refractivity contribution in [2.45, 2.75) is 77.9 Å². The van der Waals surface area contributed by atoms with Gasteiger partial charge in [-0.2, -0.15) is 0 Å². The number of carboxylic acid groups (broad SMARTS) is 1. The third-order valence-electron chi connectivity index (χ3n) is 2.83. The number of aliphatic carboxylic acids is 1. The molecule has 16 heavy (non-hydrogen) atoms. The van der Waals surface area contributed by atoms with Crippen LogP contribution >= 0.6 is 0 Å². The van der Waals surface area contributed by atoms with Gasteiger partial charge in [-0.25, -0.2) is 4.79 Å². The van der Waals surface area contributed by atoms with Crippen molar-refractivity contribution in [2.24, 2.45) is 0 Å². The molecule has 2 unspecified atom stereocenters. The molecule has 0 fully saturated rings. The lowest BCUT2D eigenvalue weighted by molar-refractivity contribution is -0.153. The quantitative estimate of drug-likeness (QED) is 0.583. The molecule has 0 saturated heterocycles. The molecule has 96 valence electrons. The van der Waals surface area contributed by atoms with E-state index in [1.807, 2.05) is 6.92 Å². The third kappa shape index (κ3) is 7.69. The van der Waals surface area contributed by atoms with Gasteiger partial charge >= 0.3 is 5.97 Å². The molecule has 0 heterocycles. The topological polar surface area (TPSA) is 46.5 Å². The number of unbranched alkanes of at least 4 members (excludes halogenated alkanes) is 4. The molecule has 0 aliphatic heterocycles. The molecule has 3 nitrogen and oxygen atoms in total. The van der Waals surface area contributed by atoms with Gasteiger partial charge in [0.25, 0.3) is 0 Å². The summed E-state index contributed by atoms with van der Waals surface area (Å²) in [6.07, 6.45) is 7.51. The average molecular weight is 230 g/mol. The molecular formula is C13H26O3. The Morgan fingerprint density at radius 1 is 1.19 bits per heavy atom. The molecule has 0 amide bonds. The van der Waals surface area contributed by atoms with Crippen molar-refractivity contribution in [1.82, 2.24) is 0 Å². The smallest absolute Gasteiger partial charge is 0.332 e. The second-order valence-corrected chi connectivity index (χ2v) is 4.35. The molecule has 0 aromatic rings. The minimum Gasteiger partial charge on any atom is -0.479 e. The van der Waals surface area contributed by atoms with Crippen LogP contribution in [0.5, 0.6) is 0 Å². The van der Waals surface area contributed by atoms with Crippen LogP contribution in [0.25, 0.3) is 0 Å². The van der Waals surface area contributed by atoms with E-state index in [0.29, 0.717) is 0 Å². The summed E-state index contributed by atoms with van der Waals surface area (Å²) in [6, 6.07) is 0. The normalized spacial score (nSPS) is 14.7. The summed E-state index contributed by atoms with van der Waals surface area (Å²) in [5.74, 6) is -0.871. The van der Waals surface area contributed by atoms with Crippen molar-refractivity contribution in [1.29, 1.82) is 0 Å². The van der Waals surface area contributed by atoms with E-state index in [0.717, 1.165) is 19.3 Å². The van der Waals surface area contributed by atoms with Crippen molar-refractivity contribution in [2.75, 3.05) is 0 Å². The Kier molecular flexibility index (Phi) is 9.30. The number of carboxylic acids is 1. The van der Waals surface area contributed by atoms with Crippen molar-refractivity contribution < 1.29 is 14.6 Å². The van der Waals surface area contributed by atoms with E-state index in [1.165, 1.54) is 25.7 Å². The lowest BCUT2D eigenvalue weighted by atomic mass is 10.1. The molecule has 0 bridgehead atoms. The summed E-state index contributed by atoms with van der Waals surface area (Å²) in [5.41, 5.74) is 0. The maximum Gasteiger partial charge on any atom is 0.332 e. The summed E-state index contributed by atoms with van der Waals surface area (Å²) in [4.78, 5) is 10.6. The minimum atomic E-state index is -0.871. The molecular weight excluding hydrogens is 204 g/mol. The monoisotopic (exact) mass is 230 g/mol.